The molecule has 2 aromatic carbocycles. The van der Waals surface area contributed by atoms with Gasteiger partial charge in [0.15, 0.2) is 0 Å². The van der Waals surface area contributed by atoms with Crippen molar-refractivity contribution >= 4 is 22.7 Å². The number of aromatic nitrogens is 1. The minimum atomic E-state index is -0.212. The van der Waals surface area contributed by atoms with Crippen molar-refractivity contribution in [2.45, 2.75) is 23.3 Å². The van der Waals surface area contributed by atoms with Crippen molar-refractivity contribution in [3.63, 3.8) is 0 Å². The number of aryl methyl sites for hydroxylation is 1. The summed E-state index contributed by atoms with van der Waals surface area (Å²) in [6, 6.07) is 13.1. The molecule has 1 heterocycles. The minimum Gasteiger partial charge on any atom is -0.349 e. The van der Waals surface area contributed by atoms with Crippen molar-refractivity contribution in [2.24, 2.45) is 5.73 Å². The van der Waals surface area contributed by atoms with Crippen molar-refractivity contribution in [3.8, 4) is 0 Å². The molecule has 0 aliphatic rings. The van der Waals surface area contributed by atoms with Gasteiger partial charge in [-0.25, -0.2) is 4.39 Å². The standard InChI is InChI=1S/C17H17FN2S/c1-11-14-4-2-3-5-15(14)20-17(11)21-16-7-6-13(18)10-12(16)8-9-19/h2-7,10,20H,8-9,19H2,1H3. The van der Waals surface area contributed by atoms with E-state index in [1.165, 1.54) is 17.0 Å². The molecule has 108 valence electrons. The highest BCUT2D eigenvalue weighted by molar-refractivity contribution is 7.99. The molecular weight excluding hydrogens is 283 g/mol. The van der Waals surface area contributed by atoms with E-state index in [4.69, 9.17) is 5.73 Å². The van der Waals surface area contributed by atoms with Crippen LogP contribution in [0.25, 0.3) is 10.9 Å². The molecule has 1 aromatic heterocycles. The van der Waals surface area contributed by atoms with Crippen molar-refractivity contribution in [1.29, 1.82) is 0 Å². The van der Waals surface area contributed by atoms with Crippen LogP contribution in [0.5, 0.6) is 0 Å². The van der Waals surface area contributed by atoms with Gasteiger partial charge in [0.1, 0.15) is 5.82 Å². The van der Waals surface area contributed by atoms with Crippen LogP contribution in [0, 0.1) is 12.7 Å². The lowest BCUT2D eigenvalue weighted by atomic mass is 10.1. The van der Waals surface area contributed by atoms with E-state index >= 15 is 0 Å². The zero-order chi connectivity index (χ0) is 14.8. The van der Waals surface area contributed by atoms with E-state index in [1.54, 1.807) is 17.8 Å². The second kappa shape index (κ2) is 5.92. The van der Waals surface area contributed by atoms with Crippen LogP contribution < -0.4 is 5.73 Å². The predicted octanol–water partition coefficient (Wildman–Crippen LogP) is 4.27. The number of benzene rings is 2. The summed E-state index contributed by atoms with van der Waals surface area (Å²) >= 11 is 1.64. The summed E-state index contributed by atoms with van der Waals surface area (Å²) in [5.74, 6) is -0.212. The Kier molecular flexibility index (Phi) is 3.99. The highest BCUT2D eigenvalue weighted by atomic mass is 32.2. The second-order valence-electron chi connectivity index (χ2n) is 5.02. The number of nitrogens with one attached hydrogen (secondary N) is 1. The summed E-state index contributed by atoms with van der Waals surface area (Å²) in [5.41, 5.74) is 8.93. The maximum atomic E-state index is 13.4. The van der Waals surface area contributed by atoms with Crippen LogP contribution in [-0.4, -0.2) is 11.5 Å². The molecule has 3 N–H and O–H groups in total. The van der Waals surface area contributed by atoms with Gasteiger partial charge in [-0.2, -0.15) is 0 Å². The minimum absolute atomic E-state index is 0.212. The number of hydrogen-bond donors (Lipinski definition) is 2. The molecule has 0 saturated carbocycles. The largest absolute Gasteiger partial charge is 0.349 e. The van der Waals surface area contributed by atoms with E-state index in [2.05, 4.69) is 24.0 Å². The first-order valence-corrected chi connectivity index (χ1v) is 7.74. The number of para-hydroxylation sites is 1. The number of hydrogen-bond acceptors (Lipinski definition) is 2. The van der Waals surface area contributed by atoms with Crippen LogP contribution in [0.3, 0.4) is 0 Å². The van der Waals surface area contributed by atoms with Crippen LogP contribution in [-0.2, 0) is 6.42 Å². The normalized spacial score (nSPS) is 11.2. The fourth-order valence-electron chi connectivity index (χ4n) is 2.47. The van der Waals surface area contributed by atoms with Gasteiger partial charge in [-0.1, -0.05) is 30.0 Å². The Bertz CT molecular complexity index is 780. The Hall–Kier alpha value is -1.78. The zero-order valence-corrected chi connectivity index (χ0v) is 12.6. The Morgan fingerprint density at radius 3 is 2.76 bits per heavy atom. The first kappa shape index (κ1) is 14.2. The second-order valence-corrected chi connectivity index (χ2v) is 6.07. The average Bonchev–Trinajstić information content (AvgIpc) is 2.79. The molecule has 0 amide bonds. The van der Waals surface area contributed by atoms with Crippen molar-refractivity contribution in [3.05, 3.63) is 59.4 Å². The van der Waals surface area contributed by atoms with E-state index in [0.29, 0.717) is 13.0 Å². The van der Waals surface area contributed by atoms with Gasteiger partial charge in [0.25, 0.3) is 0 Å². The van der Waals surface area contributed by atoms with Crippen LogP contribution in [0.1, 0.15) is 11.1 Å². The van der Waals surface area contributed by atoms with E-state index in [-0.39, 0.29) is 5.82 Å². The molecule has 2 nitrogen and oxygen atoms in total. The Labute approximate surface area is 127 Å². The number of aromatic amines is 1. The van der Waals surface area contributed by atoms with Gasteiger partial charge in [0, 0.05) is 15.8 Å². The van der Waals surface area contributed by atoms with E-state index < -0.39 is 0 Å². The Morgan fingerprint density at radius 2 is 2.00 bits per heavy atom. The first-order valence-electron chi connectivity index (χ1n) is 6.92. The fourth-order valence-corrected chi connectivity index (χ4v) is 3.54. The SMILES string of the molecule is Cc1c(Sc2ccc(F)cc2CCN)[nH]c2ccccc12. The third-order valence-electron chi connectivity index (χ3n) is 3.57. The monoisotopic (exact) mass is 300 g/mol. The molecule has 0 fully saturated rings. The molecule has 4 heteroatoms. The maximum absolute atomic E-state index is 13.4. The highest BCUT2D eigenvalue weighted by Crippen LogP contribution is 2.35. The van der Waals surface area contributed by atoms with E-state index in [1.807, 2.05) is 18.2 Å². The molecule has 0 aliphatic carbocycles. The summed E-state index contributed by atoms with van der Waals surface area (Å²) in [7, 11) is 0. The summed E-state index contributed by atoms with van der Waals surface area (Å²) in [6.07, 6.45) is 0.680. The van der Waals surface area contributed by atoms with Crippen LogP contribution in [0.15, 0.2) is 52.4 Å². The van der Waals surface area contributed by atoms with Crippen molar-refractivity contribution in [1.82, 2.24) is 4.98 Å². The Balaban J connectivity index is 2.00. The van der Waals surface area contributed by atoms with Crippen molar-refractivity contribution in [2.75, 3.05) is 6.54 Å². The lowest BCUT2D eigenvalue weighted by Gasteiger charge is -2.08. The number of rotatable bonds is 4. The first-order chi connectivity index (χ1) is 10.2. The van der Waals surface area contributed by atoms with Crippen LogP contribution in [0.2, 0.25) is 0 Å². The van der Waals surface area contributed by atoms with Gasteiger partial charge in [-0.15, -0.1) is 0 Å². The maximum Gasteiger partial charge on any atom is 0.123 e. The van der Waals surface area contributed by atoms with E-state index in [0.717, 1.165) is 21.0 Å². The molecule has 0 unspecified atom stereocenters. The lowest BCUT2D eigenvalue weighted by molar-refractivity contribution is 0.623. The van der Waals surface area contributed by atoms with Crippen LogP contribution in [0.4, 0.5) is 4.39 Å². The number of nitrogens with two attached hydrogens (primary N) is 1. The molecule has 0 bridgehead atoms. The average molecular weight is 300 g/mol. The van der Waals surface area contributed by atoms with Gasteiger partial charge in [-0.3, -0.25) is 0 Å². The molecule has 0 atom stereocenters. The Morgan fingerprint density at radius 1 is 1.19 bits per heavy atom. The van der Waals surface area contributed by atoms with Gasteiger partial charge in [-0.05, 0) is 55.3 Å². The van der Waals surface area contributed by atoms with Gasteiger partial charge >= 0.3 is 0 Å². The summed E-state index contributed by atoms with van der Waals surface area (Å²) < 4.78 is 13.4. The topological polar surface area (TPSA) is 41.8 Å². The molecular formula is C17H17FN2S. The zero-order valence-electron chi connectivity index (χ0n) is 11.8. The molecule has 0 radical (unpaired) electrons. The number of halogens is 1. The smallest absolute Gasteiger partial charge is 0.123 e. The van der Waals surface area contributed by atoms with E-state index in [9.17, 15) is 4.39 Å². The molecule has 21 heavy (non-hydrogen) atoms. The molecule has 3 rings (SSSR count). The quantitative estimate of drug-likeness (QED) is 0.755. The van der Waals surface area contributed by atoms with Gasteiger partial charge < -0.3 is 10.7 Å². The van der Waals surface area contributed by atoms with Crippen LogP contribution >= 0.6 is 11.8 Å². The fraction of sp³-hybridized carbons (Fsp3) is 0.176. The summed E-state index contributed by atoms with van der Waals surface area (Å²) in [5, 5.41) is 2.32. The van der Waals surface area contributed by atoms with Crippen molar-refractivity contribution < 1.29 is 4.39 Å². The summed E-state index contributed by atoms with van der Waals surface area (Å²) in [6.45, 7) is 2.62. The van der Waals surface area contributed by atoms with Gasteiger partial charge in [0.05, 0.1) is 5.03 Å². The molecule has 0 aliphatic heterocycles. The van der Waals surface area contributed by atoms with Gasteiger partial charge in [0.2, 0.25) is 0 Å². The number of H-pyrrole nitrogens is 1. The number of fused-ring (bicyclic) bond motifs is 1. The lowest BCUT2D eigenvalue weighted by Crippen LogP contribution is -2.04. The molecule has 0 saturated heterocycles. The molecule has 3 aromatic rings. The third-order valence-corrected chi connectivity index (χ3v) is 4.80. The predicted molar refractivity (Wildman–Crippen MR) is 86.3 cm³/mol. The highest BCUT2D eigenvalue weighted by Gasteiger charge is 2.11. The third kappa shape index (κ3) is 2.82. The molecule has 0 spiro atoms. The summed E-state index contributed by atoms with van der Waals surface area (Å²) in [4.78, 5) is 4.49.